The van der Waals surface area contributed by atoms with Crippen LogP contribution in [0.2, 0.25) is 0 Å². The lowest BCUT2D eigenvalue weighted by Crippen LogP contribution is -2.17. The molecule has 10 heteroatoms. The number of carbonyl (C=O) groups excluding carboxylic acids is 1. The van der Waals surface area contributed by atoms with Crippen molar-refractivity contribution in [3.05, 3.63) is 54.1 Å². The van der Waals surface area contributed by atoms with Crippen LogP contribution in [0.3, 0.4) is 0 Å². The molecule has 0 aliphatic rings. The molecule has 3 rings (SSSR count). The molecule has 0 aliphatic heterocycles. The van der Waals surface area contributed by atoms with Gasteiger partial charge in [0, 0.05) is 5.56 Å². The molecule has 1 amide bonds. The number of para-hydroxylation sites is 2. The number of carbonyl (C=O) groups is 1. The summed E-state index contributed by atoms with van der Waals surface area (Å²) in [6, 6.07) is 13.6. The second-order valence-electron chi connectivity index (χ2n) is 5.76. The molecule has 0 fully saturated rings. The standard InChI is InChI=1S/C18H17F2N5O2S/c1-11-5-4-6-12(9-11)16-23-24-18(25(16)21)28-10-15(26)22-13-7-2-3-8-14(13)27-17(19)20/h2-9,17H,10,21H2,1H3,(H,22,26). The van der Waals surface area contributed by atoms with Crippen molar-refractivity contribution in [3.63, 3.8) is 0 Å². The van der Waals surface area contributed by atoms with Gasteiger partial charge < -0.3 is 15.9 Å². The van der Waals surface area contributed by atoms with Gasteiger partial charge in [-0.25, -0.2) is 4.68 Å². The predicted octanol–water partition coefficient (Wildman–Crippen LogP) is 3.30. The van der Waals surface area contributed by atoms with Gasteiger partial charge in [0.25, 0.3) is 0 Å². The Bertz CT molecular complexity index is 980. The summed E-state index contributed by atoms with van der Waals surface area (Å²) >= 11 is 1.08. The second kappa shape index (κ2) is 8.70. The largest absolute Gasteiger partial charge is 0.433 e. The van der Waals surface area contributed by atoms with Crippen LogP contribution >= 0.6 is 11.8 Å². The van der Waals surface area contributed by atoms with Crippen LogP contribution in [0.15, 0.2) is 53.7 Å². The fourth-order valence-corrected chi connectivity index (χ4v) is 3.10. The average molecular weight is 405 g/mol. The lowest BCUT2D eigenvalue weighted by molar-refractivity contribution is -0.113. The minimum absolute atomic E-state index is 0.0356. The lowest BCUT2D eigenvalue weighted by Gasteiger charge is -2.11. The van der Waals surface area contributed by atoms with Crippen molar-refractivity contribution in [2.24, 2.45) is 0 Å². The van der Waals surface area contributed by atoms with Crippen molar-refractivity contribution < 1.29 is 18.3 Å². The van der Waals surface area contributed by atoms with E-state index in [0.29, 0.717) is 11.0 Å². The molecular weight excluding hydrogens is 388 g/mol. The maximum atomic E-state index is 12.4. The number of nitrogens with zero attached hydrogens (tertiary/aromatic N) is 3. The average Bonchev–Trinajstić information content (AvgIpc) is 3.02. The SMILES string of the molecule is Cc1cccc(-c2nnc(SCC(=O)Nc3ccccc3OC(F)F)n2N)c1. The molecule has 0 spiro atoms. The molecule has 1 aromatic heterocycles. The number of benzene rings is 2. The third-order valence-corrected chi connectivity index (χ3v) is 4.59. The fraction of sp³-hybridized carbons (Fsp3) is 0.167. The number of rotatable bonds is 7. The smallest absolute Gasteiger partial charge is 0.387 e. The first kappa shape index (κ1) is 19.6. The zero-order valence-corrected chi connectivity index (χ0v) is 15.6. The number of hydrogen-bond acceptors (Lipinski definition) is 6. The molecule has 7 nitrogen and oxygen atoms in total. The number of hydrogen-bond donors (Lipinski definition) is 2. The summed E-state index contributed by atoms with van der Waals surface area (Å²) in [7, 11) is 0. The van der Waals surface area contributed by atoms with Gasteiger partial charge in [-0.2, -0.15) is 8.78 Å². The topological polar surface area (TPSA) is 95.1 Å². The number of aromatic nitrogens is 3. The quantitative estimate of drug-likeness (QED) is 0.463. The highest BCUT2D eigenvalue weighted by atomic mass is 32.2. The predicted molar refractivity (Wildman–Crippen MR) is 103 cm³/mol. The van der Waals surface area contributed by atoms with Crippen molar-refractivity contribution in [2.45, 2.75) is 18.7 Å². The maximum absolute atomic E-state index is 12.4. The number of nitrogens with two attached hydrogens (primary N) is 1. The highest BCUT2D eigenvalue weighted by molar-refractivity contribution is 7.99. The van der Waals surface area contributed by atoms with E-state index < -0.39 is 12.5 Å². The summed E-state index contributed by atoms with van der Waals surface area (Å²) in [5.41, 5.74) is 2.02. The van der Waals surface area contributed by atoms with Gasteiger partial charge in [0.2, 0.25) is 11.1 Å². The Balaban J connectivity index is 1.65. The van der Waals surface area contributed by atoms with E-state index in [1.807, 2.05) is 31.2 Å². The van der Waals surface area contributed by atoms with Crippen LogP contribution in [0.4, 0.5) is 14.5 Å². The number of nitrogen functional groups attached to an aromatic ring is 1. The first-order valence-corrected chi connectivity index (χ1v) is 9.16. The molecule has 1 heterocycles. The Morgan fingerprint density at radius 2 is 2.04 bits per heavy atom. The van der Waals surface area contributed by atoms with E-state index in [-0.39, 0.29) is 17.2 Å². The van der Waals surface area contributed by atoms with Gasteiger partial charge in [-0.3, -0.25) is 4.79 Å². The molecule has 28 heavy (non-hydrogen) atoms. The molecule has 0 bridgehead atoms. The summed E-state index contributed by atoms with van der Waals surface area (Å²) < 4.78 is 30.6. The van der Waals surface area contributed by atoms with Crippen LogP contribution in [0, 0.1) is 6.92 Å². The van der Waals surface area contributed by atoms with E-state index >= 15 is 0 Å². The molecular formula is C18H17F2N5O2S. The van der Waals surface area contributed by atoms with E-state index in [0.717, 1.165) is 22.9 Å². The third kappa shape index (κ3) is 4.77. The number of ether oxygens (including phenoxy) is 1. The number of anilines is 1. The van der Waals surface area contributed by atoms with Gasteiger partial charge in [0.1, 0.15) is 5.75 Å². The highest BCUT2D eigenvalue weighted by Gasteiger charge is 2.15. The van der Waals surface area contributed by atoms with Gasteiger partial charge in [-0.15, -0.1) is 10.2 Å². The molecule has 0 atom stereocenters. The summed E-state index contributed by atoms with van der Waals surface area (Å²) in [5, 5.41) is 11.0. The molecule has 3 N–H and O–H groups in total. The third-order valence-electron chi connectivity index (χ3n) is 3.65. The Hall–Kier alpha value is -3.14. The summed E-state index contributed by atoms with van der Waals surface area (Å²) in [6.45, 7) is -1.03. The number of aryl methyl sites for hydroxylation is 1. The molecule has 0 radical (unpaired) electrons. The molecule has 0 saturated carbocycles. The summed E-state index contributed by atoms with van der Waals surface area (Å²) in [6.07, 6.45) is 0. The Labute approximate surface area is 163 Å². The normalized spacial score (nSPS) is 10.9. The van der Waals surface area contributed by atoms with Gasteiger partial charge in [0.15, 0.2) is 5.82 Å². The first-order valence-electron chi connectivity index (χ1n) is 8.18. The summed E-state index contributed by atoms with van der Waals surface area (Å²) in [5.74, 6) is 5.95. The van der Waals surface area contributed by atoms with Crippen molar-refractivity contribution in [1.29, 1.82) is 0 Å². The number of alkyl halides is 2. The van der Waals surface area contributed by atoms with E-state index in [9.17, 15) is 13.6 Å². The minimum atomic E-state index is -2.98. The lowest BCUT2D eigenvalue weighted by atomic mass is 10.1. The van der Waals surface area contributed by atoms with Gasteiger partial charge in [0.05, 0.1) is 11.4 Å². The van der Waals surface area contributed by atoms with Crippen molar-refractivity contribution >= 4 is 23.4 Å². The fourth-order valence-electron chi connectivity index (χ4n) is 2.44. The van der Waals surface area contributed by atoms with Crippen LogP contribution in [0.5, 0.6) is 5.75 Å². The van der Waals surface area contributed by atoms with Crippen molar-refractivity contribution in [3.8, 4) is 17.1 Å². The molecule has 2 aromatic carbocycles. The Kier molecular flexibility index (Phi) is 6.09. The maximum Gasteiger partial charge on any atom is 0.387 e. The number of nitrogens with one attached hydrogen (secondary N) is 1. The number of halogens is 2. The van der Waals surface area contributed by atoms with Crippen LogP contribution < -0.4 is 15.9 Å². The van der Waals surface area contributed by atoms with Gasteiger partial charge in [-0.05, 0) is 25.1 Å². The van der Waals surface area contributed by atoms with Crippen LogP contribution in [0.1, 0.15) is 5.56 Å². The summed E-state index contributed by atoms with van der Waals surface area (Å²) in [4.78, 5) is 12.2. The molecule has 0 aliphatic carbocycles. The monoisotopic (exact) mass is 405 g/mol. The molecule has 146 valence electrons. The van der Waals surface area contributed by atoms with Crippen molar-refractivity contribution in [2.75, 3.05) is 16.9 Å². The Morgan fingerprint density at radius 1 is 1.25 bits per heavy atom. The number of thioether (sulfide) groups is 1. The Morgan fingerprint density at radius 3 is 2.79 bits per heavy atom. The molecule has 0 saturated heterocycles. The van der Waals surface area contributed by atoms with Crippen LogP contribution in [-0.4, -0.2) is 33.1 Å². The van der Waals surface area contributed by atoms with E-state index in [1.165, 1.54) is 22.9 Å². The zero-order valence-electron chi connectivity index (χ0n) is 14.8. The zero-order chi connectivity index (χ0) is 20.1. The first-order chi connectivity index (χ1) is 13.4. The molecule has 0 unspecified atom stereocenters. The van der Waals surface area contributed by atoms with E-state index in [1.54, 1.807) is 6.07 Å². The van der Waals surface area contributed by atoms with Crippen LogP contribution in [0.25, 0.3) is 11.4 Å². The second-order valence-corrected chi connectivity index (χ2v) is 6.70. The van der Waals surface area contributed by atoms with Crippen molar-refractivity contribution in [1.82, 2.24) is 14.9 Å². The highest BCUT2D eigenvalue weighted by Crippen LogP contribution is 2.26. The minimum Gasteiger partial charge on any atom is -0.433 e. The van der Waals surface area contributed by atoms with E-state index in [4.69, 9.17) is 5.84 Å². The van der Waals surface area contributed by atoms with Gasteiger partial charge in [-0.1, -0.05) is 47.7 Å². The van der Waals surface area contributed by atoms with Gasteiger partial charge >= 0.3 is 6.61 Å². The van der Waals surface area contributed by atoms with Crippen LogP contribution in [-0.2, 0) is 4.79 Å². The van der Waals surface area contributed by atoms with E-state index in [2.05, 4.69) is 20.3 Å². The number of amides is 1. The molecule has 3 aromatic rings.